The summed E-state index contributed by atoms with van der Waals surface area (Å²) >= 11 is 0. The van der Waals surface area contributed by atoms with Crippen molar-refractivity contribution in [2.24, 2.45) is 0 Å². The number of hydrogen-bond acceptors (Lipinski definition) is 7. The molecular weight excluding hydrogens is 370 g/mol. The molecule has 2 aromatic carbocycles. The van der Waals surface area contributed by atoms with Crippen LogP contribution in [0.25, 0.3) is 0 Å². The molecule has 1 N–H and O–H groups in total. The number of carbonyl (C=O) groups excluding carboxylic acids is 3. The molecule has 28 heavy (non-hydrogen) atoms. The minimum atomic E-state index is -0.889. The van der Waals surface area contributed by atoms with E-state index in [-0.39, 0.29) is 16.8 Å². The van der Waals surface area contributed by atoms with E-state index in [4.69, 9.17) is 9.47 Å². The lowest BCUT2D eigenvalue weighted by Crippen LogP contribution is -2.37. The molecule has 0 saturated carbocycles. The van der Waals surface area contributed by atoms with Gasteiger partial charge in [0, 0.05) is 12.1 Å². The molecule has 3 amide bonds. The van der Waals surface area contributed by atoms with Gasteiger partial charge >= 0.3 is 0 Å². The summed E-state index contributed by atoms with van der Waals surface area (Å²) in [4.78, 5) is 48.4. The van der Waals surface area contributed by atoms with Gasteiger partial charge in [-0.1, -0.05) is 6.07 Å². The summed E-state index contributed by atoms with van der Waals surface area (Å²) < 4.78 is 10.2. The molecule has 10 heteroatoms. The van der Waals surface area contributed by atoms with E-state index in [0.29, 0.717) is 16.4 Å². The van der Waals surface area contributed by atoms with Gasteiger partial charge in [-0.05, 0) is 18.2 Å². The Balaban J connectivity index is 1.82. The summed E-state index contributed by atoms with van der Waals surface area (Å²) in [7, 11) is 2.87. The highest BCUT2D eigenvalue weighted by atomic mass is 16.6. The largest absolute Gasteiger partial charge is 0.497 e. The normalized spacial score (nSPS) is 12.6. The average Bonchev–Trinajstić information content (AvgIpc) is 2.92. The third-order valence-electron chi connectivity index (χ3n) is 4.16. The average molecular weight is 385 g/mol. The molecule has 0 saturated heterocycles. The van der Waals surface area contributed by atoms with Gasteiger partial charge in [0.1, 0.15) is 23.6 Å². The highest BCUT2D eigenvalue weighted by molar-refractivity contribution is 6.24. The number of nitro groups is 1. The van der Waals surface area contributed by atoms with Crippen molar-refractivity contribution >= 4 is 29.1 Å². The number of imide groups is 1. The van der Waals surface area contributed by atoms with Crippen LogP contribution in [0.3, 0.4) is 0 Å². The van der Waals surface area contributed by atoms with Gasteiger partial charge in [-0.2, -0.15) is 0 Å². The van der Waals surface area contributed by atoms with Crippen molar-refractivity contribution in [2.75, 3.05) is 26.1 Å². The monoisotopic (exact) mass is 385 g/mol. The zero-order valence-electron chi connectivity index (χ0n) is 14.9. The van der Waals surface area contributed by atoms with E-state index in [0.717, 1.165) is 6.07 Å². The molecule has 0 radical (unpaired) electrons. The Kier molecular flexibility index (Phi) is 4.94. The number of anilines is 1. The molecular formula is C18H15N3O7. The highest BCUT2D eigenvalue weighted by Crippen LogP contribution is 2.31. The van der Waals surface area contributed by atoms with E-state index in [2.05, 4.69) is 5.32 Å². The summed E-state index contributed by atoms with van der Waals surface area (Å²) in [5.41, 5.74) is -0.613. The van der Waals surface area contributed by atoms with Gasteiger partial charge in [0.15, 0.2) is 0 Å². The van der Waals surface area contributed by atoms with Crippen molar-refractivity contribution in [1.82, 2.24) is 4.90 Å². The first-order valence-electron chi connectivity index (χ1n) is 8.02. The van der Waals surface area contributed by atoms with E-state index >= 15 is 0 Å². The lowest BCUT2D eigenvalue weighted by Gasteiger charge is -2.15. The quantitative estimate of drug-likeness (QED) is 0.456. The van der Waals surface area contributed by atoms with Crippen molar-refractivity contribution in [3.8, 4) is 11.5 Å². The third-order valence-corrected chi connectivity index (χ3v) is 4.16. The highest BCUT2D eigenvalue weighted by Gasteiger charge is 2.41. The number of nitrogens with zero attached hydrogens (tertiary/aromatic N) is 2. The van der Waals surface area contributed by atoms with Crippen molar-refractivity contribution in [2.45, 2.75) is 0 Å². The lowest BCUT2D eigenvalue weighted by molar-refractivity contribution is -0.385. The van der Waals surface area contributed by atoms with Gasteiger partial charge in [-0.3, -0.25) is 29.4 Å². The van der Waals surface area contributed by atoms with E-state index in [1.54, 1.807) is 12.1 Å². The maximum Gasteiger partial charge on any atom is 0.282 e. The van der Waals surface area contributed by atoms with E-state index < -0.39 is 34.9 Å². The molecule has 0 atom stereocenters. The number of ether oxygens (including phenoxy) is 2. The predicted octanol–water partition coefficient (Wildman–Crippen LogP) is 1.85. The third kappa shape index (κ3) is 3.22. The van der Waals surface area contributed by atoms with Gasteiger partial charge in [0.25, 0.3) is 17.5 Å². The molecule has 1 aliphatic heterocycles. The second-order valence-electron chi connectivity index (χ2n) is 5.77. The number of amides is 3. The van der Waals surface area contributed by atoms with Crippen molar-refractivity contribution < 1.29 is 28.8 Å². The van der Waals surface area contributed by atoms with E-state index in [9.17, 15) is 24.5 Å². The van der Waals surface area contributed by atoms with Gasteiger partial charge in [0.2, 0.25) is 5.91 Å². The summed E-state index contributed by atoms with van der Waals surface area (Å²) in [5, 5.41) is 13.7. The van der Waals surface area contributed by atoms with Crippen molar-refractivity contribution in [3.63, 3.8) is 0 Å². The standard InChI is InChI=1S/C18H15N3O7/c1-27-10-6-7-14(28-2)12(8-10)19-15(22)9-20-17(23)11-4-3-5-13(21(25)26)16(11)18(20)24/h3-8H,9H2,1-2H3,(H,19,22). The Morgan fingerprint density at radius 3 is 2.54 bits per heavy atom. The summed E-state index contributed by atoms with van der Waals surface area (Å²) in [6.07, 6.45) is 0. The molecule has 0 aromatic heterocycles. The van der Waals surface area contributed by atoms with Crippen LogP contribution in [-0.4, -0.2) is 48.3 Å². The number of benzene rings is 2. The fourth-order valence-electron chi connectivity index (χ4n) is 2.86. The van der Waals surface area contributed by atoms with Crippen LogP contribution in [0, 0.1) is 10.1 Å². The van der Waals surface area contributed by atoms with Gasteiger partial charge in [0.05, 0.1) is 30.4 Å². The van der Waals surface area contributed by atoms with Gasteiger partial charge < -0.3 is 14.8 Å². The first-order chi connectivity index (χ1) is 13.4. The zero-order chi connectivity index (χ0) is 20.4. The van der Waals surface area contributed by atoms with Crippen LogP contribution in [-0.2, 0) is 4.79 Å². The van der Waals surface area contributed by atoms with Crippen LogP contribution in [0.15, 0.2) is 36.4 Å². The molecule has 0 spiro atoms. The lowest BCUT2D eigenvalue weighted by atomic mass is 10.1. The molecule has 10 nitrogen and oxygen atoms in total. The summed E-state index contributed by atoms with van der Waals surface area (Å²) in [6, 6.07) is 8.49. The minimum absolute atomic E-state index is 0.106. The second kappa shape index (κ2) is 7.35. The van der Waals surface area contributed by atoms with Gasteiger partial charge in [-0.25, -0.2) is 0 Å². The molecule has 0 unspecified atom stereocenters. The summed E-state index contributed by atoms with van der Waals surface area (Å²) in [5.74, 6) is -1.51. The number of methoxy groups -OCH3 is 2. The number of carbonyl (C=O) groups is 3. The molecule has 1 aliphatic rings. The topological polar surface area (TPSA) is 128 Å². The maximum atomic E-state index is 12.5. The first kappa shape index (κ1) is 18.8. The Bertz CT molecular complexity index is 1000. The number of nitrogens with one attached hydrogen (secondary N) is 1. The van der Waals surface area contributed by atoms with Gasteiger partial charge in [-0.15, -0.1) is 0 Å². The molecule has 0 bridgehead atoms. The van der Waals surface area contributed by atoms with Crippen LogP contribution in [0.1, 0.15) is 20.7 Å². The zero-order valence-corrected chi connectivity index (χ0v) is 14.9. The van der Waals surface area contributed by atoms with Crippen molar-refractivity contribution in [1.29, 1.82) is 0 Å². The predicted molar refractivity (Wildman–Crippen MR) is 96.6 cm³/mol. The Labute approximate surface area is 158 Å². The Hall–Kier alpha value is -3.95. The number of hydrogen-bond donors (Lipinski definition) is 1. The van der Waals surface area contributed by atoms with Crippen molar-refractivity contribution in [3.05, 3.63) is 57.6 Å². The minimum Gasteiger partial charge on any atom is -0.497 e. The fourth-order valence-corrected chi connectivity index (χ4v) is 2.86. The van der Waals surface area contributed by atoms with Crippen LogP contribution in [0.4, 0.5) is 11.4 Å². The second-order valence-corrected chi connectivity index (χ2v) is 5.77. The Morgan fingerprint density at radius 1 is 1.14 bits per heavy atom. The van der Waals surface area contributed by atoms with E-state index in [1.807, 2.05) is 0 Å². The number of rotatable bonds is 6. The molecule has 144 valence electrons. The summed E-state index contributed by atoms with van der Waals surface area (Å²) in [6.45, 7) is -0.607. The smallest absolute Gasteiger partial charge is 0.282 e. The van der Waals surface area contributed by atoms with Crippen LogP contribution >= 0.6 is 0 Å². The maximum absolute atomic E-state index is 12.5. The number of fused-ring (bicyclic) bond motifs is 1. The molecule has 3 rings (SSSR count). The fraction of sp³-hybridized carbons (Fsp3) is 0.167. The number of nitro benzene ring substituents is 1. The molecule has 2 aromatic rings. The molecule has 0 fully saturated rings. The van der Waals surface area contributed by atoms with E-state index in [1.165, 1.54) is 32.4 Å². The van der Waals surface area contributed by atoms with Crippen LogP contribution in [0.2, 0.25) is 0 Å². The Morgan fingerprint density at radius 2 is 1.89 bits per heavy atom. The van der Waals surface area contributed by atoms with Crippen LogP contribution in [0.5, 0.6) is 11.5 Å². The SMILES string of the molecule is COc1ccc(OC)c(NC(=O)CN2C(=O)c3cccc([N+](=O)[O-])c3C2=O)c1. The van der Waals surface area contributed by atoms with Crippen LogP contribution < -0.4 is 14.8 Å². The molecule has 0 aliphatic carbocycles. The molecule has 1 heterocycles. The first-order valence-corrected chi connectivity index (χ1v) is 8.02.